The third kappa shape index (κ3) is 4.06. The smallest absolute Gasteiger partial charge is 0.221 e. The summed E-state index contributed by atoms with van der Waals surface area (Å²) in [6, 6.07) is 8.23. The predicted molar refractivity (Wildman–Crippen MR) is 111 cm³/mol. The molecule has 2 aliphatic rings. The van der Waals surface area contributed by atoms with Crippen LogP contribution in [0.15, 0.2) is 24.3 Å². The van der Waals surface area contributed by atoms with E-state index in [4.69, 9.17) is 16.3 Å². The van der Waals surface area contributed by atoms with Crippen LogP contribution in [0.1, 0.15) is 47.4 Å². The minimum absolute atomic E-state index is 0.0123. The van der Waals surface area contributed by atoms with Crippen LogP contribution >= 0.6 is 22.9 Å². The van der Waals surface area contributed by atoms with Gasteiger partial charge in [0.15, 0.2) is 0 Å². The van der Waals surface area contributed by atoms with Crippen molar-refractivity contribution in [3.63, 3.8) is 0 Å². The number of nitrogens with zero attached hydrogens (tertiary/aromatic N) is 1. The van der Waals surface area contributed by atoms with Gasteiger partial charge in [-0.05, 0) is 48.9 Å². The number of hydrogen-bond acceptors (Lipinski definition) is 4. The first kappa shape index (κ1) is 18.9. The van der Waals surface area contributed by atoms with Crippen molar-refractivity contribution in [3.8, 4) is 0 Å². The average Bonchev–Trinajstić information content (AvgIpc) is 3.00. The number of carbonyl (C=O) groups excluding carboxylic acids is 1. The quantitative estimate of drug-likeness (QED) is 0.805. The zero-order valence-electron chi connectivity index (χ0n) is 15.6. The van der Waals surface area contributed by atoms with Crippen molar-refractivity contribution < 1.29 is 9.53 Å². The third-order valence-electron chi connectivity index (χ3n) is 5.35. The third-order valence-corrected chi connectivity index (χ3v) is 6.81. The van der Waals surface area contributed by atoms with Crippen LogP contribution in [0.4, 0.5) is 5.00 Å². The summed E-state index contributed by atoms with van der Waals surface area (Å²) >= 11 is 8.11. The summed E-state index contributed by atoms with van der Waals surface area (Å²) in [6.45, 7) is 4.81. The van der Waals surface area contributed by atoms with Gasteiger partial charge in [-0.2, -0.15) is 0 Å². The van der Waals surface area contributed by atoms with Crippen LogP contribution in [0.3, 0.4) is 0 Å². The van der Waals surface area contributed by atoms with Crippen LogP contribution in [-0.2, 0) is 22.4 Å². The number of benzene rings is 1. The van der Waals surface area contributed by atoms with Crippen molar-refractivity contribution >= 4 is 33.8 Å². The molecule has 0 unspecified atom stereocenters. The Bertz CT molecular complexity index is 830. The van der Waals surface area contributed by atoms with E-state index < -0.39 is 0 Å². The van der Waals surface area contributed by atoms with Gasteiger partial charge in [-0.15, -0.1) is 11.3 Å². The van der Waals surface area contributed by atoms with E-state index in [-0.39, 0.29) is 11.9 Å². The molecule has 1 amide bonds. The van der Waals surface area contributed by atoms with E-state index in [1.54, 1.807) is 18.3 Å². The second kappa shape index (κ2) is 8.31. The maximum Gasteiger partial charge on any atom is 0.221 e. The standard InChI is InChI=1S/C21H25ClN2O2S/c1-14(25)23-21-19(17-7-2-3-8-18(17)27-21)20(24-9-11-26-12-10-24)15-5-4-6-16(22)13-15/h4-6,13,20H,2-3,7-12H2,1H3,(H,23,25)/t20-/m1/s1. The molecule has 1 aromatic heterocycles. The van der Waals surface area contributed by atoms with E-state index in [1.165, 1.54) is 34.4 Å². The Morgan fingerprint density at radius 2 is 2.04 bits per heavy atom. The van der Waals surface area contributed by atoms with Crippen molar-refractivity contribution in [2.75, 3.05) is 31.6 Å². The van der Waals surface area contributed by atoms with Crippen LogP contribution in [-0.4, -0.2) is 37.1 Å². The highest BCUT2D eigenvalue weighted by Crippen LogP contribution is 2.45. The van der Waals surface area contributed by atoms with Gasteiger partial charge in [0, 0.05) is 35.5 Å². The maximum atomic E-state index is 11.9. The van der Waals surface area contributed by atoms with Crippen molar-refractivity contribution in [3.05, 3.63) is 50.9 Å². The topological polar surface area (TPSA) is 41.6 Å². The molecule has 1 fully saturated rings. The Kier molecular flexibility index (Phi) is 5.83. The number of thiophene rings is 1. The molecule has 1 atom stereocenters. The second-order valence-corrected chi connectivity index (χ2v) is 8.78. The number of ether oxygens (including phenoxy) is 1. The Morgan fingerprint density at radius 1 is 1.26 bits per heavy atom. The summed E-state index contributed by atoms with van der Waals surface area (Å²) in [5, 5.41) is 4.87. The van der Waals surface area contributed by atoms with Crippen molar-refractivity contribution in [1.82, 2.24) is 4.90 Å². The minimum atomic E-state index is -0.0123. The highest BCUT2D eigenvalue weighted by Gasteiger charge is 2.32. The molecule has 1 N–H and O–H groups in total. The first-order valence-electron chi connectivity index (χ1n) is 9.63. The molecule has 6 heteroatoms. The Balaban J connectivity index is 1.86. The monoisotopic (exact) mass is 404 g/mol. The van der Waals surface area contributed by atoms with Crippen LogP contribution < -0.4 is 5.32 Å². The lowest BCUT2D eigenvalue weighted by atomic mass is 9.88. The van der Waals surface area contributed by atoms with Crippen LogP contribution in [0, 0.1) is 0 Å². The van der Waals surface area contributed by atoms with Gasteiger partial charge in [-0.3, -0.25) is 9.69 Å². The van der Waals surface area contributed by atoms with Crippen molar-refractivity contribution in [1.29, 1.82) is 0 Å². The summed E-state index contributed by atoms with van der Waals surface area (Å²) in [5.74, 6) is -0.0123. The van der Waals surface area contributed by atoms with Crippen LogP contribution in [0.5, 0.6) is 0 Å². The first-order chi connectivity index (χ1) is 13.1. The molecule has 144 valence electrons. The highest BCUT2D eigenvalue weighted by molar-refractivity contribution is 7.16. The second-order valence-electron chi connectivity index (χ2n) is 7.24. The molecular formula is C21H25ClN2O2S. The lowest BCUT2D eigenvalue weighted by Crippen LogP contribution is -2.40. The number of anilines is 1. The van der Waals surface area contributed by atoms with E-state index in [1.807, 2.05) is 12.1 Å². The van der Waals surface area contributed by atoms with Gasteiger partial charge in [0.2, 0.25) is 5.91 Å². The molecule has 0 radical (unpaired) electrons. The molecular weight excluding hydrogens is 380 g/mol. The fourth-order valence-corrected chi connectivity index (χ4v) is 5.77. The zero-order valence-corrected chi connectivity index (χ0v) is 17.2. The summed E-state index contributed by atoms with van der Waals surface area (Å²) in [7, 11) is 0. The number of aryl methyl sites for hydroxylation is 1. The number of halogens is 1. The number of fused-ring (bicyclic) bond motifs is 1. The van der Waals surface area contributed by atoms with Crippen LogP contribution in [0.25, 0.3) is 0 Å². The highest BCUT2D eigenvalue weighted by atomic mass is 35.5. The zero-order chi connectivity index (χ0) is 18.8. The normalized spacial score (nSPS) is 18.7. The number of nitrogens with one attached hydrogen (secondary N) is 1. The molecule has 0 saturated carbocycles. The van der Waals surface area contributed by atoms with E-state index in [9.17, 15) is 4.79 Å². The van der Waals surface area contributed by atoms with Gasteiger partial charge in [0.1, 0.15) is 5.00 Å². The van der Waals surface area contributed by atoms with Gasteiger partial charge in [-0.1, -0.05) is 23.7 Å². The number of hydrogen-bond donors (Lipinski definition) is 1. The molecule has 2 heterocycles. The van der Waals surface area contributed by atoms with E-state index in [0.29, 0.717) is 0 Å². The fourth-order valence-electron chi connectivity index (χ4n) is 4.20. The van der Waals surface area contributed by atoms with Gasteiger partial charge < -0.3 is 10.1 Å². The molecule has 4 nitrogen and oxygen atoms in total. The van der Waals surface area contributed by atoms with Crippen molar-refractivity contribution in [2.45, 2.75) is 38.6 Å². The SMILES string of the molecule is CC(=O)Nc1sc2c(c1[C@@H](c1cccc(Cl)c1)N1CCOCC1)CCCC2. The number of rotatable bonds is 4. The summed E-state index contributed by atoms with van der Waals surface area (Å²) < 4.78 is 5.60. The minimum Gasteiger partial charge on any atom is -0.379 e. The molecule has 1 aromatic carbocycles. The molecule has 1 aliphatic heterocycles. The van der Waals surface area contributed by atoms with E-state index in [0.717, 1.165) is 49.2 Å². The van der Waals surface area contributed by atoms with Gasteiger partial charge in [-0.25, -0.2) is 0 Å². The number of morpholine rings is 1. The van der Waals surface area contributed by atoms with Crippen molar-refractivity contribution in [2.24, 2.45) is 0 Å². The first-order valence-corrected chi connectivity index (χ1v) is 10.8. The lowest BCUT2D eigenvalue weighted by molar-refractivity contribution is -0.114. The van der Waals surface area contributed by atoms with E-state index >= 15 is 0 Å². The molecule has 1 saturated heterocycles. The fraction of sp³-hybridized carbons (Fsp3) is 0.476. The average molecular weight is 405 g/mol. The molecule has 1 aliphatic carbocycles. The van der Waals surface area contributed by atoms with E-state index in [2.05, 4.69) is 22.3 Å². The van der Waals surface area contributed by atoms with Gasteiger partial charge in [0.05, 0.1) is 19.3 Å². The lowest BCUT2D eigenvalue weighted by Gasteiger charge is -2.36. The Labute approximate surface area is 169 Å². The molecule has 0 spiro atoms. The summed E-state index contributed by atoms with van der Waals surface area (Å²) in [6.07, 6.45) is 4.63. The largest absolute Gasteiger partial charge is 0.379 e. The molecule has 27 heavy (non-hydrogen) atoms. The van der Waals surface area contributed by atoms with Gasteiger partial charge in [0.25, 0.3) is 0 Å². The predicted octanol–water partition coefficient (Wildman–Crippen LogP) is 4.66. The van der Waals surface area contributed by atoms with Gasteiger partial charge >= 0.3 is 0 Å². The molecule has 2 aromatic rings. The molecule has 0 bridgehead atoms. The number of carbonyl (C=O) groups is 1. The summed E-state index contributed by atoms with van der Waals surface area (Å²) in [5.41, 5.74) is 3.89. The summed E-state index contributed by atoms with van der Waals surface area (Å²) in [4.78, 5) is 15.8. The Hall–Kier alpha value is -1.40. The maximum absolute atomic E-state index is 11.9. The van der Waals surface area contributed by atoms with Crippen LogP contribution in [0.2, 0.25) is 5.02 Å². The Morgan fingerprint density at radius 3 is 2.78 bits per heavy atom. The number of amides is 1. The molecule has 4 rings (SSSR count).